The summed E-state index contributed by atoms with van der Waals surface area (Å²) in [5.74, 6) is 0.00172. The molecule has 3 aromatic rings. The van der Waals surface area contributed by atoms with Crippen molar-refractivity contribution < 1.29 is 22.7 Å². The number of rotatable bonds is 14. The standard InChI is InChI=1S/C34H45N3O5S/c1-7-42-31-17-12-11-16-29(31)37(43(6,40)41)23-13-18-32(38)36(25-28-21-19-26(2)20-22-28)30(33(39)35-34(3,4)5)24-27-14-9-8-10-15-27/h8-12,14-17,19-22,30H,7,13,18,23-25H2,1-6H3,(H,35,39)/t30-/m1/s1. The summed E-state index contributed by atoms with van der Waals surface area (Å²) in [5.41, 5.74) is 2.88. The minimum absolute atomic E-state index is 0.0583. The van der Waals surface area contributed by atoms with Gasteiger partial charge in [-0.3, -0.25) is 13.9 Å². The number of amides is 2. The van der Waals surface area contributed by atoms with E-state index < -0.39 is 21.6 Å². The summed E-state index contributed by atoms with van der Waals surface area (Å²) in [4.78, 5) is 29.4. The van der Waals surface area contributed by atoms with Crippen LogP contribution in [-0.4, -0.2) is 56.1 Å². The molecule has 0 bridgehead atoms. The number of hydrogen-bond donors (Lipinski definition) is 1. The fourth-order valence-electron chi connectivity index (χ4n) is 4.82. The van der Waals surface area contributed by atoms with Crippen LogP contribution in [0.15, 0.2) is 78.9 Å². The highest BCUT2D eigenvalue weighted by molar-refractivity contribution is 7.92. The molecule has 232 valence electrons. The fourth-order valence-corrected chi connectivity index (χ4v) is 5.79. The Morgan fingerprint density at radius 3 is 2.14 bits per heavy atom. The zero-order valence-electron chi connectivity index (χ0n) is 26.2. The van der Waals surface area contributed by atoms with Crippen molar-refractivity contribution >= 4 is 27.5 Å². The molecule has 1 atom stereocenters. The third kappa shape index (κ3) is 10.4. The average Bonchev–Trinajstić information content (AvgIpc) is 2.93. The van der Waals surface area contributed by atoms with Crippen molar-refractivity contribution in [1.29, 1.82) is 0 Å². The van der Waals surface area contributed by atoms with Gasteiger partial charge in [0.1, 0.15) is 11.8 Å². The summed E-state index contributed by atoms with van der Waals surface area (Å²) in [7, 11) is -3.66. The maximum absolute atomic E-state index is 14.0. The van der Waals surface area contributed by atoms with E-state index in [1.54, 1.807) is 29.2 Å². The normalized spacial score (nSPS) is 12.3. The van der Waals surface area contributed by atoms with Gasteiger partial charge in [0.15, 0.2) is 0 Å². The predicted octanol–water partition coefficient (Wildman–Crippen LogP) is 5.49. The molecule has 0 saturated carbocycles. The van der Waals surface area contributed by atoms with E-state index >= 15 is 0 Å². The molecule has 8 nitrogen and oxygen atoms in total. The molecule has 0 radical (unpaired) electrons. The number of anilines is 1. The number of nitrogens with one attached hydrogen (secondary N) is 1. The first kappa shape index (κ1) is 33.6. The number of para-hydroxylation sites is 2. The largest absolute Gasteiger partial charge is 0.492 e. The zero-order valence-corrected chi connectivity index (χ0v) is 27.0. The number of sulfonamides is 1. The molecule has 0 unspecified atom stereocenters. The summed E-state index contributed by atoms with van der Waals surface area (Å²) >= 11 is 0. The van der Waals surface area contributed by atoms with Crippen LogP contribution in [0.2, 0.25) is 0 Å². The second kappa shape index (κ2) is 15.0. The Morgan fingerprint density at radius 2 is 1.53 bits per heavy atom. The molecule has 2 amide bonds. The van der Waals surface area contributed by atoms with Gasteiger partial charge >= 0.3 is 0 Å². The molecule has 0 saturated heterocycles. The first-order valence-electron chi connectivity index (χ1n) is 14.7. The highest BCUT2D eigenvalue weighted by atomic mass is 32.2. The van der Waals surface area contributed by atoms with Crippen molar-refractivity contribution in [2.75, 3.05) is 23.7 Å². The Labute approximate surface area is 257 Å². The van der Waals surface area contributed by atoms with Gasteiger partial charge in [0.05, 0.1) is 18.6 Å². The van der Waals surface area contributed by atoms with Crippen LogP contribution in [0.5, 0.6) is 5.75 Å². The summed E-state index contributed by atoms with van der Waals surface area (Å²) in [6.07, 6.45) is 1.81. The Morgan fingerprint density at radius 1 is 0.907 bits per heavy atom. The van der Waals surface area contributed by atoms with Gasteiger partial charge in [-0.15, -0.1) is 0 Å². The molecule has 43 heavy (non-hydrogen) atoms. The number of hydrogen-bond acceptors (Lipinski definition) is 5. The summed E-state index contributed by atoms with van der Waals surface area (Å²) in [6, 6.07) is 23.8. The molecule has 0 heterocycles. The number of benzene rings is 3. The van der Waals surface area contributed by atoms with Gasteiger partial charge < -0.3 is 15.0 Å². The fraction of sp³-hybridized carbons (Fsp3) is 0.412. The predicted molar refractivity (Wildman–Crippen MR) is 173 cm³/mol. The second-order valence-corrected chi connectivity index (χ2v) is 13.7. The number of carbonyl (C=O) groups excluding carboxylic acids is 2. The van der Waals surface area contributed by atoms with Crippen molar-refractivity contribution in [1.82, 2.24) is 10.2 Å². The summed E-state index contributed by atoms with van der Waals surface area (Å²) in [6.45, 7) is 10.3. The molecule has 0 fully saturated rings. The Kier molecular flexibility index (Phi) is 11.8. The number of carbonyl (C=O) groups is 2. The van der Waals surface area contributed by atoms with E-state index in [0.717, 1.165) is 22.9 Å². The molecule has 3 aromatic carbocycles. The van der Waals surface area contributed by atoms with Crippen LogP contribution < -0.4 is 14.4 Å². The van der Waals surface area contributed by atoms with E-state index in [1.165, 1.54) is 4.31 Å². The van der Waals surface area contributed by atoms with Crippen molar-refractivity contribution in [2.24, 2.45) is 0 Å². The second-order valence-electron chi connectivity index (χ2n) is 11.8. The van der Waals surface area contributed by atoms with Gasteiger partial charge in [0.25, 0.3) is 0 Å². The van der Waals surface area contributed by atoms with Crippen LogP contribution in [0.4, 0.5) is 5.69 Å². The van der Waals surface area contributed by atoms with Crippen LogP contribution in [-0.2, 0) is 32.6 Å². The van der Waals surface area contributed by atoms with Crippen molar-refractivity contribution in [3.05, 3.63) is 95.6 Å². The molecular weight excluding hydrogens is 562 g/mol. The lowest BCUT2D eigenvalue weighted by Gasteiger charge is -2.34. The molecule has 9 heteroatoms. The molecule has 3 rings (SSSR count). The summed E-state index contributed by atoms with van der Waals surface area (Å²) in [5, 5.41) is 3.07. The molecule has 0 aliphatic carbocycles. The summed E-state index contributed by atoms with van der Waals surface area (Å²) < 4.78 is 32.6. The average molecular weight is 608 g/mol. The van der Waals surface area contributed by atoms with Crippen molar-refractivity contribution in [2.45, 2.75) is 72.0 Å². The molecular formula is C34H45N3O5S. The Hall–Kier alpha value is -3.85. The minimum atomic E-state index is -3.66. The van der Waals surface area contributed by atoms with Crippen LogP contribution in [0.1, 0.15) is 57.2 Å². The van der Waals surface area contributed by atoms with Gasteiger partial charge in [-0.2, -0.15) is 0 Å². The molecule has 1 N–H and O–H groups in total. The van der Waals surface area contributed by atoms with Gasteiger partial charge in [-0.1, -0.05) is 72.3 Å². The van der Waals surface area contributed by atoms with Crippen LogP contribution in [0.3, 0.4) is 0 Å². The monoisotopic (exact) mass is 607 g/mol. The van der Waals surface area contributed by atoms with Crippen LogP contribution in [0, 0.1) is 6.92 Å². The topological polar surface area (TPSA) is 96.0 Å². The van der Waals surface area contributed by atoms with E-state index in [9.17, 15) is 18.0 Å². The van der Waals surface area contributed by atoms with Gasteiger partial charge in [-0.05, 0) is 64.3 Å². The van der Waals surface area contributed by atoms with E-state index in [4.69, 9.17) is 4.74 Å². The Bertz CT molecular complexity index is 1450. The molecule has 0 spiro atoms. The third-order valence-corrected chi connectivity index (χ3v) is 8.01. The number of ether oxygens (including phenoxy) is 1. The Balaban J connectivity index is 1.91. The van der Waals surface area contributed by atoms with Gasteiger partial charge in [-0.25, -0.2) is 8.42 Å². The molecule has 0 aromatic heterocycles. The van der Waals surface area contributed by atoms with Crippen molar-refractivity contribution in [3.8, 4) is 5.75 Å². The number of aryl methyl sites for hydroxylation is 1. The lowest BCUT2D eigenvalue weighted by atomic mass is 10.00. The first-order chi connectivity index (χ1) is 20.3. The van der Waals surface area contributed by atoms with Crippen molar-refractivity contribution in [3.63, 3.8) is 0 Å². The zero-order chi connectivity index (χ0) is 31.6. The van der Waals surface area contributed by atoms with E-state index in [-0.39, 0.29) is 37.7 Å². The van der Waals surface area contributed by atoms with Gasteiger partial charge in [0, 0.05) is 31.5 Å². The molecule has 0 aliphatic rings. The highest BCUT2D eigenvalue weighted by Crippen LogP contribution is 2.30. The number of nitrogens with zero attached hydrogens (tertiary/aromatic N) is 2. The SMILES string of the molecule is CCOc1ccccc1N(CCCC(=O)N(Cc1ccc(C)cc1)[C@H](Cc1ccccc1)C(=O)NC(C)(C)C)S(C)(=O)=O. The first-order valence-corrected chi connectivity index (χ1v) is 16.5. The quantitative estimate of drug-likeness (QED) is 0.261. The van der Waals surface area contributed by atoms with E-state index in [1.807, 2.05) is 89.2 Å². The van der Waals surface area contributed by atoms with E-state index in [2.05, 4.69) is 5.32 Å². The van der Waals surface area contributed by atoms with Crippen LogP contribution in [0.25, 0.3) is 0 Å². The van der Waals surface area contributed by atoms with E-state index in [0.29, 0.717) is 24.5 Å². The maximum atomic E-state index is 14.0. The lowest BCUT2D eigenvalue weighted by molar-refractivity contribution is -0.142. The lowest BCUT2D eigenvalue weighted by Crippen LogP contribution is -2.54. The van der Waals surface area contributed by atoms with Gasteiger partial charge in [0.2, 0.25) is 21.8 Å². The maximum Gasteiger partial charge on any atom is 0.243 e. The molecule has 0 aliphatic heterocycles. The minimum Gasteiger partial charge on any atom is -0.492 e. The van der Waals surface area contributed by atoms with Crippen LogP contribution >= 0.6 is 0 Å². The third-order valence-electron chi connectivity index (χ3n) is 6.83. The smallest absolute Gasteiger partial charge is 0.243 e. The highest BCUT2D eigenvalue weighted by Gasteiger charge is 2.32.